The molecule has 0 aliphatic carbocycles. The van der Waals surface area contributed by atoms with Crippen molar-refractivity contribution in [3.05, 3.63) is 91.5 Å². The van der Waals surface area contributed by atoms with Crippen molar-refractivity contribution in [3.8, 4) is 39.4 Å². The second-order valence-electron chi connectivity index (χ2n) is 16.7. The average molecular weight is 895 g/mol. The molecule has 61 heavy (non-hydrogen) atoms. The molecule has 1 saturated heterocycles. The zero-order valence-corrected chi connectivity index (χ0v) is 37.9. The third kappa shape index (κ3) is 10.2. The lowest BCUT2D eigenvalue weighted by Gasteiger charge is -2.29. The number of nitrogens with zero attached hydrogens (tertiary/aromatic N) is 5. The summed E-state index contributed by atoms with van der Waals surface area (Å²) in [5.41, 5.74) is 2.24. The lowest BCUT2D eigenvalue weighted by atomic mass is 9.97. The maximum atomic E-state index is 13.6. The number of halogens is 3. The molecule has 2 aromatic carbocycles. The minimum Gasteiger partial charge on any atom is -0.481 e. The number of ether oxygens (including phenoxy) is 3. The number of carbonyl (C=O) groups is 3. The summed E-state index contributed by atoms with van der Waals surface area (Å²) in [5.74, 6) is 0.108. The van der Waals surface area contributed by atoms with Crippen molar-refractivity contribution in [1.82, 2.24) is 34.7 Å². The van der Waals surface area contributed by atoms with E-state index in [9.17, 15) is 19.2 Å². The Morgan fingerprint density at radius 1 is 0.984 bits per heavy atom. The summed E-state index contributed by atoms with van der Waals surface area (Å²) in [6.07, 6.45) is 1.85. The van der Waals surface area contributed by atoms with Crippen LogP contribution in [0.3, 0.4) is 0 Å². The predicted molar refractivity (Wildman–Crippen MR) is 236 cm³/mol. The predicted octanol–water partition coefficient (Wildman–Crippen LogP) is 8.23. The van der Waals surface area contributed by atoms with Crippen LogP contribution >= 0.6 is 34.8 Å². The zero-order valence-electron chi connectivity index (χ0n) is 35.6. The molecule has 14 nitrogen and oxygen atoms in total. The van der Waals surface area contributed by atoms with Crippen LogP contribution in [0.4, 0.5) is 4.79 Å². The fraction of sp³-hybridized carbons (Fsp3) is 0.409. The van der Waals surface area contributed by atoms with Crippen LogP contribution in [0.5, 0.6) is 5.88 Å². The summed E-state index contributed by atoms with van der Waals surface area (Å²) < 4.78 is 19.8. The highest BCUT2D eigenvalue weighted by molar-refractivity contribution is 6.39. The van der Waals surface area contributed by atoms with Crippen LogP contribution in [0.1, 0.15) is 72.7 Å². The van der Waals surface area contributed by atoms with Crippen LogP contribution in [-0.4, -0.2) is 79.0 Å². The molecular formula is C44H50Cl3N7O7. The number of pyridine rings is 1. The zero-order chi connectivity index (χ0) is 44.6. The number of hydrogen-bond acceptors (Lipinski definition) is 10. The molecule has 3 aromatic heterocycles. The number of aromatic nitrogens is 4. The number of methoxy groups -OCH3 is 1. The summed E-state index contributed by atoms with van der Waals surface area (Å²) in [4.78, 5) is 57.8. The molecule has 0 radical (unpaired) electrons. The highest BCUT2D eigenvalue weighted by atomic mass is 35.5. The van der Waals surface area contributed by atoms with Gasteiger partial charge in [-0.3, -0.25) is 24.3 Å². The maximum Gasteiger partial charge on any atom is 0.410 e. The first-order valence-electron chi connectivity index (χ1n) is 19.8. The van der Waals surface area contributed by atoms with Crippen molar-refractivity contribution < 1.29 is 28.6 Å². The Labute approximate surface area is 369 Å². The van der Waals surface area contributed by atoms with Gasteiger partial charge in [-0.2, -0.15) is 5.10 Å². The molecule has 5 aromatic rings. The molecule has 0 saturated carbocycles. The van der Waals surface area contributed by atoms with Gasteiger partial charge in [-0.05, 0) is 67.0 Å². The molecule has 1 aliphatic heterocycles. The van der Waals surface area contributed by atoms with Crippen LogP contribution < -0.4 is 20.9 Å². The number of benzene rings is 2. The molecule has 1 atom stereocenters. The molecule has 4 heterocycles. The van der Waals surface area contributed by atoms with Gasteiger partial charge in [0.2, 0.25) is 11.8 Å². The van der Waals surface area contributed by atoms with Crippen LogP contribution in [0.2, 0.25) is 15.1 Å². The molecule has 0 spiro atoms. The van der Waals surface area contributed by atoms with Crippen molar-refractivity contribution in [2.24, 2.45) is 7.05 Å². The lowest BCUT2D eigenvalue weighted by molar-refractivity contribution is -0.154. The van der Waals surface area contributed by atoms with Gasteiger partial charge in [0.25, 0.3) is 5.56 Å². The molecule has 0 bridgehead atoms. The number of fused-ring (bicyclic) bond motifs is 1. The van der Waals surface area contributed by atoms with Crippen molar-refractivity contribution in [2.75, 3.05) is 13.7 Å². The third-order valence-corrected chi connectivity index (χ3v) is 11.3. The number of rotatable bonds is 13. The average Bonchev–Trinajstić information content (AvgIpc) is 3.81. The summed E-state index contributed by atoms with van der Waals surface area (Å²) in [6, 6.07) is 14.2. The Kier molecular flexibility index (Phi) is 13.4. The van der Waals surface area contributed by atoms with Gasteiger partial charge in [0.15, 0.2) is 0 Å². The number of carbonyl (C=O) groups excluding carboxylic acids is 3. The molecule has 17 heteroatoms. The third-order valence-electron chi connectivity index (χ3n) is 10.1. The van der Waals surface area contributed by atoms with E-state index in [-0.39, 0.29) is 54.1 Å². The Morgan fingerprint density at radius 3 is 2.23 bits per heavy atom. The first kappa shape index (κ1) is 45.4. The molecule has 1 aliphatic rings. The fourth-order valence-electron chi connectivity index (χ4n) is 6.88. The standard InChI is InChI=1S/C44H50Cl3N7O7/c1-24(2)60-41(57)44(6,7)48-20-35-51-54-21-25(18-34(54)40(56)52(35)8)27-12-10-13-28(37(27)46)29-14-11-15-30(38(29)47)33-19-32(45)31(39(50-33)59-9)23-53(42(58)61-43(3,4)5)22-26-16-17-36(55)49-26/h10-15,18-19,21,24,26,48H,16-17,20,22-23H2,1-9H3,(H,49,55)/t26-/m0/s1. The first-order chi connectivity index (χ1) is 28.7. The van der Waals surface area contributed by atoms with E-state index in [1.807, 2.05) is 30.3 Å². The van der Waals surface area contributed by atoms with Gasteiger partial charge in [0.05, 0.1) is 52.6 Å². The quantitative estimate of drug-likeness (QED) is 0.110. The monoisotopic (exact) mass is 893 g/mol. The van der Waals surface area contributed by atoms with Gasteiger partial charge < -0.3 is 24.4 Å². The second-order valence-corrected chi connectivity index (χ2v) is 17.9. The molecule has 0 unspecified atom stereocenters. The van der Waals surface area contributed by atoms with Crippen LogP contribution in [0, 0.1) is 0 Å². The molecule has 2 N–H and O–H groups in total. The second kappa shape index (κ2) is 18.1. The van der Waals surface area contributed by atoms with E-state index >= 15 is 0 Å². The first-order valence-corrected chi connectivity index (χ1v) is 20.9. The summed E-state index contributed by atoms with van der Waals surface area (Å²) >= 11 is 21.3. The van der Waals surface area contributed by atoms with Gasteiger partial charge >= 0.3 is 12.1 Å². The van der Waals surface area contributed by atoms with E-state index < -0.39 is 23.2 Å². The highest BCUT2D eigenvalue weighted by Crippen LogP contribution is 2.43. The summed E-state index contributed by atoms with van der Waals surface area (Å²) in [7, 11) is 3.09. The van der Waals surface area contributed by atoms with Crippen LogP contribution in [0.25, 0.3) is 39.0 Å². The van der Waals surface area contributed by atoms with E-state index in [1.165, 1.54) is 21.1 Å². The maximum absolute atomic E-state index is 13.6. The molecule has 1 fully saturated rings. The number of amides is 2. The Hall–Kier alpha value is -5.15. The van der Waals surface area contributed by atoms with E-state index in [0.717, 1.165) is 0 Å². The molecule has 2 amide bonds. The van der Waals surface area contributed by atoms with E-state index in [1.54, 1.807) is 79.9 Å². The molecule has 324 valence electrons. The number of nitrogens with one attached hydrogen (secondary N) is 2. The Bertz CT molecular complexity index is 2560. The number of esters is 1. The fourth-order valence-corrected chi connectivity index (χ4v) is 7.79. The largest absolute Gasteiger partial charge is 0.481 e. The Balaban J connectivity index is 1.30. The van der Waals surface area contributed by atoms with Crippen LogP contribution in [-0.2, 0) is 39.2 Å². The van der Waals surface area contributed by atoms with Crippen LogP contribution in [0.15, 0.2) is 59.5 Å². The van der Waals surface area contributed by atoms with Crippen molar-refractivity contribution >= 4 is 58.3 Å². The van der Waals surface area contributed by atoms with E-state index in [4.69, 9.17) is 59.1 Å². The van der Waals surface area contributed by atoms with Gasteiger partial charge in [-0.15, -0.1) is 0 Å². The highest BCUT2D eigenvalue weighted by Gasteiger charge is 2.32. The van der Waals surface area contributed by atoms with Crippen molar-refractivity contribution in [2.45, 2.75) is 97.7 Å². The van der Waals surface area contributed by atoms with E-state index in [2.05, 4.69) is 10.6 Å². The SMILES string of the molecule is COc1nc(-c2cccc(-c3cccc(-c4cc5c(=O)n(C)c(CNC(C)(C)C(=O)OC(C)C)nn5c4)c3Cl)c2Cl)cc(Cl)c1CN(C[C@@H]1CCC(=O)N1)C(=O)OC(C)(C)C. The van der Waals surface area contributed by atoms with Gasteiger partial charge in [-0.25, -0.2) is 14.3 Å². The Morgan fingerprint density at radius 2 is 1.62 bits per heavy atom. The normalized spacial score (nSPS) is 14.4. The minimum atomic E-state index is -1.02. The topological polar surface area (TPSA) is 158 Å². The number of hydrogen-bond donors (Lipinski definition) is 2. The van der Waals surface area contributed by atoms with Gasteiger partial charge in [0.1, 0.15) is 22.5 Å². The molecule has 6 rings (SSSR count). The van der Waals surface area contributed by atoms with E-state index in [0.29, 0.717) is 73.3 Å². The summed E-state index contributed by atoms with van der Waals surface area (Å²) in [6.45, 7) is 12.7. The smallest absolute Gasteiger partial charge is 0.410 e. The van der Waals surface area contributed by atoms with Gasteiger partial charge in [0, 0.05) is 60.1 Å². The lowest BCUT2D eigenvalue weighted by Crippen LogP contribution is -2.48. The van der Waals surface area contributed by atoms with Crippen molar-refractivity contribution in [3.63, 3.8) is 0 Å². The van der Waals surface area contributed by atoms with Gasteiger partial charge in [-0.1, -0.05) is 71.2 Å². The molecular weight excluding hydrogens is 845 g/mol. The summed E-state index contributed by atoms with van der Waals surface area (Å²) in [5, 5.41) is 11.8. The minimum absolute atomic E-state index is 0.00857. The van der Waals surface area contributed by atoms with Crippen molar-refractivity contribution in [1.29, 1.82) is 0 Å².